The van der Waals surface area contributed by atoms with E-state index in [0.717, 1.165) is 12.1 Å². The van der Waals surface area contributed by atoms with Crippen LogP contribution >= 0.6 is 0 Å². The van der Waals surface area contributed by atoms with Crippen LogP contribution < -0.4 is 10.6 Å². The number of halogens is 3. The van der Waals surface area contributed by atoms with Gasteiger partial charge in [-0.05, 0) is 29.9 Å². The smallest absolute Gasteiger partial charge is 0.344 e. The number of amides is 2. The Morgan fingerprint density at radius 3 is 2.48 bits per heavy atom. The number of carbonyl (C=O) groups excluding carboxylic acids is 2. The van der Waals surface area contributed by atoms with Crippen LogP contribution in [-0.2, 0) is 15.8 Å². The summed E-state index contributed by atoms with van der Waals surface area (Å²) < 4.78 is 38.7. The van der Waals surface area contributed by atoms with Gasteiger partial charge in [0.15, 0.2) is 0 Å². The van der Waals surface area contributed by atoms with Crippen molar-refractivity contribution in [3.05, 3.63) is 47.7 Å². The van der Waals surface area contributed by atoms with Crippen LogP contribution in [0.3, 0.4) is 0 Å². The van der Waals surface area contributed by atoms with E-state index >= 15 is 0 Å². The Bertz CT molecular complexity index is 819. The van der Waals surface area contributed by atoms with Gasteiger partial charge in [-0.25, -0.2) is 0 Å². The van der Waals surface area contributed by atoms with Gasteiger partial charge in [0.25, 0.3) is 0 Å². The highest BCUT2D eigenvalue weighted by Crippen LogP contribution is 2.31. The van der Waals surface area contributed by atoms with Crippen molar-refractivity contribution in [2.75, 3.05) is 5.32 Å². The lowest BCUT2D eigenvalue weighted by atomic mass is 9.95. The van der Waals surface area contributed by atoms with Gasteiger partial charge in [0.05, 0.1) is 11.8 Å². The number of alkyl halides is 3. The van der Waals surface area contributed by atoms with E-state index in [0.29, 0.717) is 17.8 Å². The Labute approximate surface area is 167 Å². The number of benzene rings is 1. The molecule has 2 amide bonds. The molecule has 1 heterocycles. The highest BCUT2D eigenvalue weighted by molar-refractivity contribution is 5.96. The Balaban J connectivity index is 2.02. The van der Waals surface area contributed by atoms with E-state index in [1.807, 2.05) is 13.8 Å². The number of anilines is 1. The van der Waals surface area contributed by atoms with Gasteiger partial charge in [-0.2, -0.15) is 18.3 Å². The van der Waals surface area contributed by atoms with Crippen molar-refractivity contribution in [3.63, 3.8) is 0 Å². The van der Waals surface area contributed by atoms with E-state index in [9.17, 15) is 22.8 Å². The minimum absolute atomic E-state index is 0.0345. The zero-order chi connectivity index (χ0) is 21.6. The molecule has 0 fully saturated rings. The Hall–Kier alpha value is -2.84. The van der Waals surface area contributed by atoms with Gasteiger partial charge in [0.1, 0.15) is 11.9 Å². The third-order valence-corrected chi connectivity index (χ3v) is 4.39. The summed E-state index contributed by atoms with van der Waals surface area (Å²) in [7, 11) is 0. The third-order valence-electron chi connectivity index (χ3n) is 4.39. The first-order chi connectivity index (χ1) is 13.6. The molecule has 2 atom stereocenters. The summed E-state index contributed by atoms with van der Waals surface area (Å²) in [5.74, 6) is -0.667. The molecule has 2 rings (SSSR count). The predicted octanol–water partition coefficient (Wildman–Crippen LogP) is 4.09. The molecule has 0 saturated carbocycles. The number of aromatic amines is 1. The van der Waals surface area contributed by atoms with Crippen LogP contribution in [0.25, 0.3) is 0 Å². The fourth-order valence-electron chi connectivity index (χ4n) is 2.92. The lowest BCUT2D eigenvalue weighted by Crippen LogP contribution is -2.44. The molecule has 0 aliphatic rings. The van der Waals surface area contributed by atoms with Gasteiger partial charge in [-0.15, -0.1) is 0 Å². The molecule has 3 N–H and O–H groups in total. The second-order valence-corrected chi connectivity index (χ2v) is 7.44. The molecule has 2 unspecified atom stereocenters. The zero-order valence-electron chi connectivity index (χ0n) is 16.5. The van der Waals surface area contributed by atoms with Crippen LogP contribution in [0.4, 0.5) is 19.0 Å². The van der Waals surface area contributed by atoms with Gasteiger partial charge in [-0.1, -0.05) is 39.0 Å². The van der Waals surface area contributed by atoms with Crippen molar-refractivity contribution < 1.29 is 22.8 Å². The molecule has 0 bridgehead atoms. The minimum atomic E-state index is -4.44. The van der Waals surface area contributed by atoms with Gasteiger partial charge in [0.2, 0.25) is 11.8 Å². The summed E-state index contributed by atoms with van der Waals surface area (Å²) in [5, 5.41) is 11.7. The highest BCUT2D eigenvalue weighted by Gasteiger charge is 2.31. The first kappa shape index (κ1) is 22.4. The maximum Gasteiger partial charge on any atom is 0.416 e. The number of hydrogen-bond acceptors (Lipinski definition) is 3. The maximum absolute atomic E-state index is 12.9. The summed E-state index contributed by atoms with van der Waals surface area (Å²) in [6, 6.07) is 5.75. The number of nitrogens with zero attached hydrogens (tertiary/aromatic N) is 1. The normalized spacial score (nSPS) is 13.8. The van der Waals surface area contributed by atoms with E-state index in [1.54, 1.807) is 19.1 Å². The second-order valence-electron chi connectivity index (χ2n) is 7.44. The molecule has 158 valence electrons. The molecule has 9 heteroatoms. The van der Waals surface area contributed by atoms with Gasteiger partial charge >= 0.3 is 6.18 Å². The minimum Gasteiger partial charge on any atom is -0.344 e. The molecule has 1 aromatic heterocycles. The monoisotopic (exact) mass is 410 g/mol. The van der Waals surface area contributed by atoms with Crippen LogP contribution in [0.2, 0.25) is 0 Å². The summed E-state index contributed by atoms with van der Waals surface area (Å²) >= 11 is 0. The Morgan fingerprint density at radius 1 is 1.17 bits per heavy atom. The summed E-state index contributed by atoms with van der Waals surface area (Å²) in [5.41, 5.74) is -0.337. The van der Waals surface area contributed by atoms with Crippen LogP contribution in [0.1, 0.15) is 50.7 Å². The lowest BCUT2D eigenvalue weighted by molar-refractivity contribution is -0.137. The Morgan fingerprint density at radius 2 is 1.90 bits per heavy atom. The zero-order valence-corrected chi connectivity index (χ0v) is 16.5. The van der Waals surface area contributed by atoms with Crippen molar-refractivity contribution in [3.8, 4) is 0 Å². The van der Waals surface area contributed by atoms with E-state index in [1.165, 1.54) is 12.3 Å². The SMILES string of the molecule is CC(C)CC(NC(=O)CC(C)c1cccc(C(F)(F)F)c1)C(=O)Nc1ccn[nH]1. The fraction of sp³-hybridized carbons (Fsp3) is 0.450. The molecular formula is C20H25F3N4O2. The summed E-state index contributed by atoms with van der Waals surface area (Å²) in [6.07, 6.45) is -2.57. The number of rotatable bonds is 8. The molecule has 0 aliphatic carbocycles. The first-order valence-corrected chi connectivity index (χ1v) is 9.33. The fourth-order valence-corrected chi connectivity index (χ4v) is 2.92. The van der Waals surface area contributed by atoms with Gasteiger partial charge < -0.3 is 10.6 Å². The van der Waals surface area contributed by atoms with Crippen molar-refractivity contribution in [1.82, 2.24) is 15.5 Å². The maximum atomic E-state index is 12.9. The summed E-state index contributed by atoms with van der Waals surface area (Å²) in [4.78, 5) is 25.0. The topological polar surface area (TPSA) is 86.9 Å². The molecule has 1 aromatic carbocycles. The number of hydrogen-bond donors (Lipinski definition) is 3. The van der Waals surface area contributed by atoms with E-state index < -0.39 is 29.6 Å². The molecular weight excluding hydrogens is 385 g/mol. The molecule has 2 aromatic rings. The number of nitrogens with one attached hydrogen (secondary N) is 3. The van der Waals surface area contributed by atoms with Crippen molar-refractivity contribution >= 4 is 17.6 Å². The molecule has 6 nitrogen and oxygen atoms in total. The van der Waals surface area contributed by atoms with Crippen molar-refractivity contribution in [2.24, 2.45) is 5.92 Å². The summed E-state index contributed by atoms with van der Waals surface area (Å²) in [6.45, 7) is 5.53. The van der Waals surface area contributed by atoms with Gasteiger partial charge in [-0.3, -0.25) is 14.7 Å². The molecule has 0 aliphatic heterocycles. The predicted molar refractivity (Wildman–Crippen MR) is 103 cm³/mol. The van der Waals surface area contributed by atoms with Gasteiger partial charge in [0, 0.05) is 12.5 Å². The van der Waals surface area contributed by atoms with Crippen LogP contribution in [0, 0.1) is 5.92 Å². The molecule has 0 saturated heterocycles. The van der Waals surface area contributed by atoms with Crippen LogP contribution in [-0.4, -0.2) is 28.1 Å². The largest absolute Gasteiger partial charge is 0.416 e. The Kier molecular flexibility index (Phi) is 7.41. The van der Waals surface area contributed by atoms with E-state index in [-0.39, 0.29) is 18.2 Å². The van der Waals surface area contributed by atoms with E-state index in [2.05, 4.69) is 20.8 Å². The molecule has 0 spiro atoms. The van der Waals surface area contributed by atoms with Crippen molar-refractivity contribution in [1.29, 1.82) is 0 Å². The molecule has 29 heavy (non-hydrogen) atoms. The van der Waals surface area contributed by atoms with Crippen LogP contribution in [0.5, 0.6) is 0 Å². The van der Waals surface area contributed by atoms with Crippen molar-refractivity contribution in [2.45, 2.75) is 51.7 Å². The van der Waals surface area contributed by atoms with E-state index in [4.69, 9.17) is 0 Å². The first-order valence-electron chi connectivity index (χ1n) is 9.33. The molecule has 0 radical (unpaired) electrons. The standard InChI is InChI=1S/C20H25F3N4O2/c1-12(2)9-16(19(29)26-17-7-8-24-27-17)25-18(28)10-13(3)14-5-4-6-15(11-14)20(21,22)23/h4-8,11-13,16H,9-10H2,1-3H3,(H,25,28)(H2,24,26,27,29). The average Bonchev–Trinajstić information content (AvgIpc) is 3.13. The number of aromatic nitrogens is 2. The highest BCUT2D eigenvalue weighted by atomic mass is 19.4. The third kappa shape index (κ3) is 6.92. The van der Waals surface area contributed by atoms with Crippen LogP contribution in [0.15, 0.2) is 36.5 Å². The lowest BCUT2D eigenvalue weighted by Gasteiger charge is -2.21. The second kappa shape index (κ2) is 9.58. The number of carbonyl (C=O) groups is 2. The quantitative estimate of drug-likeness (QED) is 0.613. The average molecular weight is 410 g/mol. The number of H-pyrrole nitrogens is 1.